The summed E-state index contributed by atoms with van der Waals surface area (Å²) < 4.78 is 10.7. The third-order valence-electron chi connectivity index (χ3n) is 2.68. The van der Waals surface area contributed by atoms with E-state index in [2.05, 4.69) is 10.1 Å². The van der Waals surface area contributed by atoms with Gasteiger partial charge in [-0.15, -0.1) is 0 Å². The van der Waals surface area contributed by atoms with E-state index in [4.69, 9.17) is 15.0 Å². The Hall–Kier alpha value is -1.88. The standard InChI is InChI=1S/C13H17N3O2/c1-3-11(14)10-6-4-5-7-12(10)17-8-13-15-9(2)16-18-13/h4-7,11H,3,8,14H2,1-2H3. The average Bonchev–Trinajstić information content (AvgIpc) is 2.81. The maximum absolute atomic E-state index is 6.04. The van der Waals surface area contributed by atoms with Crippen molar-refractivity contribution in [1.29, 1.82) is 0 Å². The van der Waals surface area contributed by atoms with E-state index in [1.807, 2.05) is 31.2 Å². The molecule has 1 atom stereocenters. The number of benzene rings is 1. The highest BCUT2D eigenvalue weighted by Gasteiger charge is 2.11. The molecule has 0 spiro atoms. The fourth-order valence-electron chi connectivity index (χ4n) is 1.68. The van der Waals surface area contributed by atoms with E-state index in [0.29, 0.717) is 11.7 Å². The molecule has 96 valence electrons. The van der Waals surface area contributed by atoms with Crippen molar-refractivity contribution < 1.29 is 9.26 Å². The topological polar surface area (TPSA) is 74.2 Å². The quantitative estimate of drug-likeness (QED) is 0.877. The van der Waals surface area contributed by atoms with E-state index in [0.717, 1.165) is 17.7 Å². The molecule has 1 aromatic carbocycles. The van der Waals surface area contributed by atoms with E-state index in [1.165, 1.54) is 0 Å². The van der Waals surface area contributed by atoms with Gasteiger partial charge in [-0.3, -0.25) is 0 Å². The van der Waals surface area contributed by atoms with E-state index < -0.39 is 0 Å². The molecular weight excluding hydrogens is 230 g/mol. The van der Waals surface area contributed by atoms with Crippen LogP contribution < -0.4 is 10.5 Å². The second-order valence-corrected chi connectivity index (χ2v) is 4.08. The number of aromatic nitrogens is 2. The van der Waals surface area contributed by atoms with Gasteiger partial charge < -0.3 is 15.0 Å². The van der Waals surface area contributed by atoms with Gasteiger partial charge in [0.1, 0.15) is 5.75 Å². The number of hydrogen-bond acceptors (Lipinski definition) is 5. The summed E-state index contributed by atoms with van der Waals surface area (Å²) in [5, 5.41) is 3.71. The van der Waals surface area contributed by atoms with Crippen LogP contribution in [0.2, 0.25) is 0 Å². The van der Waals surface area contributed by atoms with Crippen LogP contribution in [0.1, 0.15) is 36.7 Å². The summed E-state index contributed by atoms with van der Waals surface area (Å²) in [6.07, 6.45) is 0.861. The molecule has 0 bridgehead atoms. The number of nitrogens with zero attached hydrogens (tertiary/aromatic N) is 2. The molecule has 5 nitrogen and oxygen atoms in total. The zero-order chi connectivity index (χ0) is 13.0. The van der Waals surface area contributed by atoms with Gasteiger partial charge in [-0.1, -0.05) is 30.3 Å². The second kappa shape index (κ2) is 5.64. The van der Waals surface area contributed by atoms with Gasteiger partial charge in [-0.05, 0) is 19.4 Å². The van der Waals surface area contributed by atoms with E-state index >= 15 is 0 Å². The number of aryl methyl sites for hydroxylation is 1. The molecule has 2 aromatic rings. The fraction of sp³-hybridized carbons (Fsp3) is 0.385. The van der Waals surface area contributed by atoms with Crippen LogP contribution in [0.25, 0.3) is 0 Å². The minimum absolute atomic E-state index is 0.0226. The smallest absolute Gasteiger partial charge is 0.264 e. The summed E-state index contributed by atoms with van der Waals surface area (Å²) in [4.78, 5) is 4.09. The predicted octanol–water partition coefficient (Wildman–Crippen LogP) is 2.37. The van der Waals surface area contributed by atoms with Crippen molar-refractivity contribution in [2.24, 2.45) is 5.73 Å². The van der Waals surface area contributed by atoms with Crippen LogP contribution in [0.15, 0.2) is 28.8 Å². The maximum Gasteiger partial charge on any atom is 0.264 e. The molecule has 18 heavy (non-hydrogen) atoms. The van der Waals surface area contributed by atoms with Gasteiger partial charge in [0.2, 0.25) is 0 Å². The van der Waals surface area contributed by atoms with Gasteiger partial charge in [-0.2, -0.15) is 4.98 Å². The van der Waals surface area contributed by atoms with Crippen LogP contribution in [-0.2, 0) is 6.61 Å². The van der Waals surface area contributed by atoms with E-state index in [-0.39, 0.29) is 12.6 Å². The van der Waals surface area contributed by atoms with Crippen LogP contribution >= 0.6 is 0 Å². The summed E-state index contributed by atoms with van der Waals surface area (Å²) in [6.45, 7) is 4.07. The minimum atomic E-state index is -0.0226. The normalized spacial score (nSPS) is 12.4. The van der Waals surface area contributed by atoms with Crippen LogP contribution in [0.5, 0.6) is 5.75 Å². The number of hydrogen-bond donors (Lipinski definition) is 1. The molecule has 2 N–H and O–H groups in total. The largest absolute Gasteiger partial charge is 0.483 e. The first-order chi connectivity index (χ1) is 8.70. The first-order valence-electron chi connectivity index (χ1n) is 5.97. The fourth-order valence-corrected chi connectivity index (χ4v) is 1.68. The molecule has 0 amide bonds. The summed E-state index contributed by atoms with van der Waals surface area (Å²) >= 11 is 0. The predicted molar refractivity (Wildman–Crippen MR) is 67.0 cm³/mol. The molecule has 0 aliphatic rings. The van der Waals surface area contributed by atoms with E-state index in [1.54, 1.807) is 6.92 Å². The Bertz CT molecular complexity index is 510. The molecule has 0 aliphatic carbocycles. The highest BCUT2D eigenvalue weighted by atomic mass is 16.5. The summed E-state index contributed by atoms with van der Waals surface area (Å²) in [6, 6.07) is 7.72. The van der Waals surface area contributed by atoms with Crippen LogP contribution in [0.4, 0.5) is 0 Å². The minimum Gasteiger partial charge on any atom is -0.483 e. The van der Waals surface area contributed by atoms with Crippen molar-refractivity contribution in [2.45, 2.75) is 32.9 Å². The third-order valence-corrected chi connectivity index (χ3v) is 2.68. The molecule has 1 aromatic heterocycles. The van der Waals surface area contributed by atoms with Gasteiger partial charge in [-0.25, -0.2) is 0 Å². The lowest BCUT2D eigenvalue weighted by Crippen LogP contribution is -2.10. The lowest BCUT2D eigenvalue weighted by molar-refractivity contribution is 0.239. The summed E-state index contributed by atoms with van der Waals surface area (Å²) in [5.41, 5.74) is 7.03. The Kier molecular flexibility index (Phi) is 3.94. The Balaban J connectivity index is 2.09. The Morgan fingerprint density at radius 2 is 2.17 bits per heavy atom. The summed E-state index contributed by atoms with van der Waals surface area (Å²) in [5.74, 6) is 1.84. The second-order valence-electron chi connectivity index (χ2n) is 4.08. The zero-order valence-corrected chi connectivity index (χ0v) is 10.6. The molecule has 0 saturated carbocycles. The van der Waals surface area contributed by atoms with Crippen LogP contribution in [-0.4, -0.2) is 10.1 Å². The molecule has 5 heteroatoms. The van der Waals surface area contributed by atoms with Crippen LogP contribution in [0.3, 0.4) is 0 Å². The lowest BCUT2D eigenvalue weighted by Gasteiger charge is -2.14. The number of para-hydroxylation sites is 1. The molecule has 0 radical (unpaired) electrons. The average molecular weight is 247 g/mol. The number of nitrogens with two attached hydrogens (primary N) is 1. The molecule has 0 saturated heterocycles. The van der Waals surface area contributed by atoms with Crippen molar-refractivity contribution in [1.82, 2.24) is 10.1 Å². The van der Waals surface area contributed by atoms with Crippen molar-refractivity contribution in [3.05, 3.63) is 41.5 Å². The van der Waals surface area contributed by atoms with Crippen molar-refractivity contribution in [2.75, 3.05) is 0 Å². The Morgan fingerprint density at radius 3 is 2.83 bits per heavy atom. The number of ether oxygens (including phenoxy) is 1. The monoisotopic (exact) mass is 247 g/mol. The van der Waals surface area contributed by atoms with Gasteiger partial charge in [0, 0.05) is 11.6 Å². The maximum atomic E-state index is 6.04. The molecule has 1 heterocycles. The van der Waals surface area contributed by atoms with Crippen molar-refractivity contribution >= 4 is 0 Å². The Labute approximate surface area is 106 Å². The SMILES string of the molecule is CCC(N)c1ccccc1OCc1nc(C)no1. The van der Waals surface area contributed by atoms with Crippen molar-refractivity contribution in [3.63, 3.8) is 0 Å². The third kappa shape index (κ3) is 2.87. The molecule has 0 fully saturated rings. The molecule has 1 unspecified atom stereocenters. The first-order valence-corrected chi connectivity index (χ1v) is 5.97. The molecular formula is C13H17N3O2. The van der Waals surface area contributed by atoms with Crippen molar-refractivity contribution in [3.8, 4) is 5.75 Å². The van der Waals surface area contributed by atoms with E-state index in [9.17, 15) is 0 Å². The van der Waals surface area contributed by atoms with Gasteiger partial charge in [0.05, 0.1) is 0 Å². The van der Waals surface area contributed by atoms with Gasteiger partial charge in [0.25, 0.3) is 5.89 Å². The highest BCUT2D eigenvalue weighted by Crippen LogP contribution is 2.25. The highest BCUT2D eigenvalue weighted by molar-refractivity contribution is 5.35. The zero-order valence-electron chi connectivity index (χ0n) is 10.6. The molecule has 2 rings (SSSR count). The summed E-state index contributed by atoms with van der Waals surface area (Å²) in [7, 11) is 0. The first kappa shape index (κ1) is 12.6. The van der Waals surface area contributed by atoms with Gasteiger partial charge >= 0.3 is 0 Å². The van der Waals surface area contributed by atoms with Crippen LogP contribution in [0, 0.1) is 6.92 Å². The Morgan fingerprint density at radius 1 is 1.39 bits per heavy atom. The number of rotatable bonds is 5. The lowest BCUT2D eigenvalue weighted by atomic mass is 10.0. The van der Waals surface area contributed by atoms with Gasteiger partial charge in [0.15, 0.2) is 12.4 Å². The molecule has 0 aliphatic heterocycles.